The summed E-state index contributed by atoms with van der Waals surface area (Å²) in [7, 11) is 5.36. The maximum atomic E-state index is 11.5. The molecular formula is C8H15N3O2S3. The van der Waals surface area contributed by atoms with Crippen molar-refractivity contribution in [3.8, 4) is 0 Å². The quantitative estimate of drug-likeness (QED) is 0.448. The molecule has 92 valence electrons. The Morgan fingerprint density at radius 3 is 2.75 bits per heavy atom. The van der Waals surface area contributed by atoms with Crippen molar-refractivity contribution in [2.75, 3.05) is 38.4 Å². The summed E-state index contributed by atoms with van der Waals surface area (Å²) < 4.78 is 3.20. The lowest BCUT2D eigenvalue weighted by molar-refractivity contribution is 0.136. The van der Waals surface area contributed by atoms with Gasteiger partial charge in [-0.05, 0) is 14.1 Å². The zero-order valence-corrected chi connectivity index (χ0v) is 12.0. The van der Waals surface area contributed by atoms with Gasteiger partial charge in [0, 0.05) is 36.4 Å². The van der Waals surface area contributed by atoms with E-state index in [2.05, 4.69) is 5.16 Å². The molecule has 0 aliphatic carbocycles. The molecule has 0 aromatic rings. The third-order valence-corrected chi connectivity index (χ3v) is 4.58. The van der Waals surface area contributed by atoms with E-state index < -0.39 is 6.09 Å². The van der Waals surface area contributed by atoms with Crippen LogP contribution in [0.25, 0.3) is 0 Å². The molecule has 1 aliphatic heterocycles. The number of hydrogen-bond acceptors (Lipinski definition) is 7. The number of oxime groups is 1. The Balaban J connectivity index is 2.32. The maximum Gasteiger partial charge on any atom is 0.446 e. The molecule has 0 aromatic carbocycles. The summed E-state index contributed by atoms with van der Waals surface area (Å²) in [6.07, 6.45) is -0.456. The molecule has 0 unspecified atom stereocenters. The standard InChI is InChI=1S/C8H15N3O2S3/c1-10(2)16-11(3)8(12)13-9-7-6-14-4-5-15-7/h4-6H2,1-3H3/b9-7+. The zero-order valence-electron chi connectivity index (χ0n) is 9.50. The highest BCUT2D eigenvalue weighted by atomic mass is 32.2. The van der Waals surface area contributed by atoms with E-state index in [1.807, 2.05) is 14.1 Å². The first-order chi connectivity index (χ1) is 7.59. The smallest absolute Gasteiger partial charge is 0.296 e. The average molecular weight is 281 g/mol. The molecule has 1 saturated heterocycles. The lowest BCUT2D eigenvalue weighted by Crippen LogP contribution is -2.23. The molecule has 1 fully saturated rings. The molecule has 0 saturated carbocycles. The van der Waals surface area contributed by atoms with Crippen LogP contribution in [-0.4, -0.2) is 58.1 Å². The van der Waals surface area contributed by atoms with Crippen LogP contribution in [0.5, 0.6) is 0 Å². The van der Waals surface area contributed by atoms with E-state index in [0.29, 0.717) is 0 Å². The van der Waals surface area contributed by atoms with Gasteiger partial charge in [-0.25, -0.2) is 13.4 Å². The fourth-order valence-corrected chi connectivity index (χ4v) is 3.57. The van der Waals surface area contributed by atoms with Gasteiger partial charge in [-0.2, -0.15) is 11.8 Å². The predicted octanol–water partition coefficient (Wildman–Crippen LogP) is 1.97. The molecule has 0 radical (unpaired) electrons. The minimum absolute atomic E-state index is 0.456. The zero-order chi connectivity index (χ0) is 12.0. The average Bonchev–Trinajstić information content (AvgIpc) is 2.26. The number of rotatable bonds is 3. The highest BCUT2D eigenvalue weighted by Gasteiger charge is 2.14. The first-order valence-corrected chi connectivity index (χ1v) is 7.54. The number of carbonyl (C=O) groups excluding carboxylic acids is 1. The number of carbonyl (C=O) groups is 1. The van der Waals surface area contributed by atoms with E-state index in [-0.39, 0.29) is 0 Å². The molecule has 1 amide bonds. The predicted molar refractivity (Wildman–Crippen MR) is 72.7 cm³/mol. The van der Waals surface area contributed by atoms with Crippen LogP contribution in [0.4, 0.5) is 4.79 Å². The van der Waals surface area contributed by atoms with Gasteiger partial charge in [0.05, 0.1) is 0 Å². The van der Waals surface area contributed by atoms with Gasteiger partial charge in [0.2, 0.25) is 0 Å². The van der Waals surface area contributed by atoms with Crippen molar-refractivity contribution < 1.29 is 9.63 Å². The summed E-state index contributed by atoms with van der Waals surface area (Å²) in [4.78, 5) is 16.3. The molecule has 1 heterocycles. The number of hydrogen-bond donors (Lipinski definition) is 0. The molecule has 0 spiro atoms. The molecule has 8 heteroatoms. The second-order valence-corrected chi connectivity index (χ2v) is 6.85. The van der Waals surface area contributed by atoms with Crippen molar-refractivity contribution in [2.45, 2.75) is 0 Å². The molecule has 0 aromatic heterocycles. The van der Waals surface area contributed by atoms with E-state index in [4.69, 9.17) is 4.84 Å². The van der Waals surface area contributed by atoms with Gasteiger partial charge in [0.1, 0.15) is 5.04 Å². The Morgan fingerprint density at radius 2 is 2.19 bits per heavy atom. The number of nitrogens with zero attached hydrogens (tertiary/aromatic N) is 3. The molecule has 1 rings (SSSR count). The highest BCUT2D eigenvalue weighted by molar-refractivity contribution is 8.18. The molecule has 16 heavy (non-hydrogen) atoms. The Labute approximate surface area is 109 Å². The fourth-order valence-electron chi connectivity index (χ4n) is 0.898. The molecule has 1 aliphatic rings. The summed E-state index contributed by atoms with van der Waals surface area (Å²) in [5.41, 5.74) is 0. The van der Waals surface area contributed by atoms with Crippen molar-refractivity contribution in [3.05, 3.63) is 0 Å². The first-order valence-electron chi connectivity index (χ1n) is 4.67. The van der Waals surface area contributed by atoms with E-state index >= 15 is 0 Å². The van der Waals surface area contributed by atoms with Gasteiger partial charge < -0.3 is 0 Å². The van der Waals surface area contributed by atoms with E-state index in [1.54, 1.807) is 34.9 Å². The summed E-state index contributed by atoms with van der Waals surface area (Å²) >= 11 is 4.71. The van der Waals surface area contributed by atoms with Gasteiger partial charge in [-0.15, -0.1) is 11.8 Å². The Kier molecular flexibility index (Phi) is 6.40. The van der Waals surface area contributed by atoms with Gasteiger partial charge in [-0.3, -0.25) is 4.84 Å². The number of thioether (sulfide) groups is 2. The lowest BCUT2D eigenvalue weighted by Gasteiger charge is -2.17. The number of amides is 1. The largest absolute Gasteiger partial charge is 0.446 e. The second kappa shape index (κ2) is 7.31. The van der Waals surface area contributed by atoms with Crippen LogP contribution >= 0.6 is 35.7 Å². The van der Waals surface area contributed by atoms with E-state index in [1.165, 1.54) is 16.4 Å². The van der Waals surface area contributed by atoms with Crippen LogP contribution in [0.2, 0.25) is 0 Å². The van der Waals surface area contributed by atoms with E-state index in [9.17, 15) is 4.79 Å². The molecule has 0 bridgehead atoms. The lowest BCUT2D eigenvalue weighted by atomic mass is 10.9. The monoisotopic (exact) mass is 281 g/mol. The van der Waals surface area contributed by atoms with Crippen molar-refractivity contribution >= 4 is 46.8 Å². The van der Waals surface area contributed by atoms with Crippen LogP contribution in [0, 0.1) is 0 Å². The highest BCUT2D eigenvalue weighted by Crippen LogP contribution is 2.19. The van der Waals surface area contributed by atoms with Crippen LogP contribution in [0.15, 0.2) is 5.16 Å². The SMILES string of the molecule is CN(C)SN(C)C(=O)O/N=C1\CSCCS1. The molecule has 0 N–H and O–H groups in total. The topological polar surface area (TPSA) is 45.1 Å². The van der Waals surface area contributed by atoms with Crippen molar-refractivity contribution in [1.29, 1.82) is 0 Å². The normalized spacial score (nSPS) is 18.9. The van der Waals surface area contributed by atoms with Crippen LogP contribution < -0.4 is 0 Å². The van der Waals surface area contributed by atoms with Crippen LogP contribution in [0.3, 0.4) is 0 Å². The Bertz CT molecular complexity index is 265. The van der Waals surface area contributed by atoms with Gasteiger partial charge in [-0.1, -0.05) is 5.16 Å². The third kappa shape index (κ3) is 5.33. The second-order valence-electron chi connectivity index (χ2n) is 3.13. The Morgan fingerprint density at radius 1 is 1.44 bits per heavy atom. The van der Waals surface area contributed by atoms with Crippen molar-refractivity contribution in [2.24, 2.45) is 5.16 Å². The summed E-state index contributed by atoms with van der Waals surface area (Å²) in [6, 6.07) is 0. The summed E-state index contributed by atoms with van der Waals surface area (Å²) in [6.45, 7) is 0. The summed E-state index contributed by atoms with van der Waals surface area (Å²) in [5.74, 6) is 3.00. The van der Waals surface area contributed by atoms with Crippen molar-refractivity contribution in [1.82, 2.24) is 8.61 Å². The van der Waals surface area contributed by atoms with Gasteiger partial charge in [0.15, 0.2) is 0 Å². The van der Waals surface area contributed by atoms with Crippen LogP contribution in [0.1, 0.15) is 0 Å². The minimum Gasteiger partial charge on any atom is -0.296 e. The minimum atomic E-state index is -0.456. The van der Waals surface area contributed by atoms with E-state index in [0.717, 1.165) is 22.3 Å². The molecule has 0 atom stereocenters. The van der Waals surface area contributed by atoms with Crippen molar-refractivity contribution in [3.63, 3.8) is 0 Å². The molecule has 5 nitrogen and oxygen atoms in total. The first kappa shape index (κ1) is 14.0. The van der Waals surface area contributed by atoms with Gasteiger partial charge in [0.25, 0.3) is 0 Å². The molecular weight excluding hydrogens is 266 g/mol. The third-order valence-electron chi connectivity index (χ3n) is 1.49. The maximum absolute atomic E-state index is 11.5. The Hall–Kier alpha value is -0.0500. The fraction of sp³-hybridized carbons (Fsp3) is 0.750. The van der Waals surface area contributed by atoms with Crippen LogP contribution in [-0.2, 0) is 4.84 Å². The van der Waals surface area contributed by atoms with Gasteiger partial charge >= 0.3 is 6.09 Å². The summed E-state index contributed by atoms with van der Waals surface area (Å²) in [5, 5.41) is 4.73.